The van der Waals surface area contributed by atoms with Gasteiger partial charge in [-0.05, 0) is 13.0 Å². The Morgan fingerprint density at radius 3 is 2.33 bits per heavy atom. The van der Waals surface area contributed by atoms with Crippen molar-refractivity contribution in [1.82, 2.24) is 0 Å². The molecule has 18 heavy (non-hydrogen) atoms. The van der Waals surface area contributed by atoms with Crippen LogP contribution in [-0.4, -0.2) is 10.7 Å². The predicted octanol–water partition coefficient (Wildman–Crippen LogP) is 2.69. The molecule has 0 aliphatic rings. The van der Waals surface area contributed by atoms with E-state index in [4.69, 9.17) is 5.26 Å². The average molecular weight is 258 g/mol. The van der Waals surface area contributed by atoms with E-state index < -0.39 is 39.3 Å². The molecule has 0 saturated carbocycles. The van der Waals surface area contributed by atoms with E-state index in [1.165, 1.54) is 6.07 Å². The van der Waals surface area contributed by atoms with Gasteiger partial charge in [-0.25, -0.2) is 0 Å². The lowest BCUT2D eigenvalue weighted by Gasteiger charge is -2.12. The van der Waals surface area contributed by atoms with Gasteiger partial charge in [-0.15, -0.1) is 0 Å². The molecule has 0 aliphatic carbocycles. The molecule has 0 aliphatic heterocycles. The summed E-state index contributed by atoms with van der Waals surface area (Å²) in [6.45, 7) is 0.815. The lowest BCUT2D eigenvalue weighted by atomic mass is 9.96. The number of benzene rings is 1. The van der Waals surface area contributed by atoms with Crippen molar-refractivity contribution in [2.75, 3.05) is 0 Å². The van der Waals surface area contributed by atoms with E-state index in [9.17, 15) is 28.1 Å². The summed E-state index contributed by atoms with van der Waals surface area (Å²) in [5.41, 5.74) is -4.44. The van der Waals surface area contributed by atoms with Gasteiger partial charge in [0.05, 0.1) is 22.1 Å². The SMILES string of the molecule is CC(=O)c1c(C#N)ccc([N+](=O)[O-])c1C(F)(F)F. The summed E-state index contributed by atoms with van der Waals surface area (Å²) < 4.78 is 38.3. The topological polar surface area (TPSA) is 84.0 Å². The van der Waals surface area contributed by atoms with Crippen LogP contribution in [0.5, 0.6) is 0 Å². The van der Waals surface area contributed by atoms with Crippen LogP contribution in [0.3, 0.4) is 0 Å². The van der Waals surface area contributed by atoms with Gasteiger partial charge in [-0.2, -0.15) is 18.4 Å². The van der Waals surface area contributed by atoms with Crippen LogP contribution in [-0.2, 0) is 6.18 Å². The summed E-state index contributed by atoms with van der Waals surface area (Å²) in [5, 5.41) is 19.2. The van der Waals surface area contributed by atoms with E-state index >= 15 is 0 Å². The fourth-order valence-electron chi connectivity index (χ4n) is 1.49. The van der Waals surface area contributed by atoms with E-state index in [1.54, 1.807) is 0 Å². The van der Waals surface area contributed by atoms with Gasteiger partial charge in [0.25, 0.3) is 5.69 Å². The molecule has 0 fully saturated rings. The number of carbonyl (C=O) groups is 1. The van der Waals surface area contributed by atoms with Crippen LogP contribution in [0.25, 0.3) is 0 Å². The van der Waals surface area contributed by atoms with Crippen molar-refractivity contribution in [3.8, 4) is 6.07 Å². The van der Waals surface area contributed by atoms with Crippen LogP contribution in [0.15, 0.2) is 12.1 Å². The second-order valence-electron chi connectivity index (χ2n) is 3.31. The first kappa shape index (κ1) is 13.6. The van der Waals surface area contributed by atoms with E-state index in [-0.39, 0.29) is 0 Å². The van der Waals surface area contributed by atoms with Crippen molar-refractivity contribution in [3.63, 3.8) is 0 Å². The van der Waals surface area contributed by atoms with Gasteiger partial charge >= 0.3 is 6.18 Å². The van der Waals surface area contributed by atoms with Gasteiger partial charge in [-0.1, -0.05) is 0 Å². The fraction of sp³-hybridized carbons (Fsp3) is 0.200. The molecule has 0 bridgehead atoms. The monoisotopic (exact) mass is 258 g/mol. The second kappa shape index (κ2) is 4.44. The molecule has 1 aromatic carbocycles. The highest BCUT2D eigenvalue weighted by Crippen LogP contribution is 2.39. The normalized spacial score (nSPS) is 10.8. The number of nitrogens with zero attached hydrogens (tertiary/aromatic N) is 2. The van der Waals surface area contributed by atoms with E-state index in [2.05, 4.69) is 0 Å². The van der Waals surface area contributed by atoms with Crippen LogP contribution in [0.4, 0.5) is 18.9 Å². The van der Waals surface area contributed by atoms with Crippen molar-refractivity contribution in [2.45, 2.75) is 13.1 Å². The third-order valence-corrected chi connectivity index (χ3v) is 2.14. The molecule has 0 N–H and O–H groups in total. The Morgan fingerprint density at radius 1 is 1.44 bits per heavy atom. The Bertz CT molecular complexity index is 573. The number of hydrogen-bond acceptors (Lipinski definition) is 4. The van der Waals surface area contributed by atoms with Gasteiger partial charge in [0.15, 0.2) is 5.78 Å². The Hall–Kier alpha value is -2.43. The molecular weight excluding hydrogens is 253 g/mol. The van der Waals surface area contributed by atoms with Crippen LogP contribution in [0.1, 0.15) is 28.4 Å². The van der Waals surface area contributed by atoms with E-state index in [1.807, 2.05) is 0 Å². The van der Waals surface area contributed by atoms with Gasteiger partial charge in [0, 0.05) is 6.07 Å². The first-order valence-corrected chi connectivity index (χ1v) is 4.49. The Morgan fingerprint density at radius 2 is 2.00 bits per heavy atom. The third kappa shape index (κ3) is 2.29. The smallest absolute Gasteiger partial charge is 0.294 e. The lowest BCUT2D eigenvalue weighted by Crippen LogP contribution is -2.16. The summed E-state index contributed by atoms with van der Waals surface area (Å²) in [4.78, 5) is 20.5. The molecular formula is C10H5F3N2O3. The van der Waals surface area contributed by atoms with Crippen molar-refractivity contribution in [3.05, 3.63) is 38.9 Å². The number of carbonyl (C=O) groups excluding carboxylic acids is 1. The van der Waals surface area contributed by atoms with Gasteiger partial charge in [0.2, 0.25) is 0 Å². The summed E-state index contributed by atoms with van der Waals surface area (Å²) in [7, 11) is 0. The van der Waals surface area contributed by atoms with E-state index in [0.717, 1.165) is 13.0 Å². The van der Waals surface area contributed by atoms with Crippen molar-refractivity contribution in [2.24, 2.45) is 0 Å². The molecule has 94 valence electrons. The second-order valence-corrected chi connectivity index (χ2v) is 3.31. The minimum atomic E-state index is -5.09. The number of rotatable bonds is 2. The Balaban J connectivity index is 3.85. The van der Waals surface area contributed by atoms with Crippen molar-refractivity contribution in [1.29, 1.82) is 5.26 Å². The minimum absolute atomic E-state index is 0.541. The number of nitro benzene ring substituents is 1. The van der Waals surface area contributed by atoms with Crippen LogP contribution in [0, 0.1) is 21.4 Å². The third-order valence-electron chi connectivity index (χ3n) is 2.14. The zero-order chi connectivity index (χ0) is 14.1. The molecule has 0 saturated heterocycles. The molecule has 0 unspecified atom stereocenters. The van der Waals surface area contributed by atoms with Crippen molar-refractivity contribution < 1.29 is 22.9 Å². The number of nitro groups is 1. The summed E-state index contributed by atoms with van der Waals surface area (Å²) in [5.74, 6) is -1.05. The van der Waals surface area contributed by atoms with Crippen LogP contribution < -0.4 is 0 Å². The first-order chi connectivity index (χ1) is 8.20. The molecule has 0 spiro atoms. The maximum Gasteiger partial charge on any atom is 0.423 e. The first-order valence-electron chi connectivity index (χ1n) is 4.49. The standard InChI is InChI=1S/C10H5F3N2O3/c1-5(16)8-6(4-14)2-3-7(15(17)18)9(8)10(11,12)13/h2-3H,1H3. The molecule has 0 atom stereocenters. The highest BCUT2D eigenvalue weighted by molar-refractivity contribution is 5.99. The number of Topliss-reactive ketones (excluding diaryl/α,β-unsaturated/α-hetero) is 1. The molecule has 5 nitrogen and oxygen atoms in total. The molecule has 0 aromatic heterocycles. The van der Waals surface area contributed by atoms with Gasteiger partial charge < -0.3 is 0 Å². The maximum absolute atomic E-state index is 12.8. The maximum atomic E-state index is 12.8. The lowest BCUT2D eigenvalue weighted by molar-refractivity contribution is -0.388. The largest absolute Gasteiger partial charge is 0.423 e. The Labute approximate surface area is 98.6 Å². The quantitative estimate of drug-likeness (QED) is 0.463. The number of halogens is 3. The highest BCUT2D eigenvalue weighted by atomic mass is 19.4. The minimum Gasteiger partial charge on any atom is -0.294 e. The number of ketones is 1. The number of nitriles is 1. The van der Waals surface area contributed by atoms with Crippen LogP contribution in [0.2, 0.25) is 0 Å². The molecule has 0 radical (unpaired) electrons. The fourth-order valence-corrected chi connectivity index (χ4v) is 1.49. The molecule has 0 heterocycles. The van der Waals surface area contributed by atoms with Crippen molar-refractivity contribution >= 4 is 11.5 Å². The summed E-state index contributed by atoms with van der Waals surface area (Å²) >= 11 is 0. The number of alkyl halides is 3. The van der Waals surface area contributed by atoms with E-state index in [0.29, 0.717) is 6.07 Å². The average Bonchev–Trinajstić information content (AvgIpc) is 2.25. The Kier molecular flexibility index (Phi) is 3.37. The van der Waals surface area contributed by atoms with Crippen LogP contribution >= 0.6 is 0 Å². The zero-order valence-electron chi connectivity index (χ0n) is 8.91. The molecule has 1 rings (SSSR count). The molecule has 8 heteroatoms. The summed E-state index contributed by atoms with van der Waals surface area (Å²) in [6.07, 6.45) is -5.09. The molecule has 1 aromatic rings. The predicted molar refractivity (Wildman–Crippen MR) is 52.8 cm³/mol. The zero-order valence-corrected chi connectivity index (χ0v) is 8.91. The van der Waals surface area contributed by atoms with Gasteiger partial charge in [0.1, 0.15) is 5.56 Å². The number of hydrogen-bond donors (Lipinski definition) is 0. The highest BCUT2D eigenvalue weighted by Gasteiger charge is 2.43. The van der Waals surface area contributed by atoms with Gasteiger partial charge in [-0.3, -0.25) is 14.9 Å². The molecule has 0 amide bonds. The summed E-state index contributed by atoms with van der Waals surface area (Å²) in [6, 6.07) is 2.80.